The molecule has 3 nitrogen and oxygen atoms in total. The number of likely N-dealkylation sites (tertiary alicyclic amines) is 1. The van der Waals surface area contributed by atoms with Gasteiger partial charge in [-0.05, 0) is 37.9 Å². The van der Waals surface area contributed by atoms with Gasteiger partial charge in [0.25, 0.3) is 0 Å². The molecule has 0 bridgehead atoms. The highest BCUT2D eigenvalue weighted by Crippen LogP contribution is 2.22. The molecule has 1 heterocycles. The van der Waals surface area contributed by atoms with Crippen LogP contribution in [0.3, 0.4) is 0 Å². The number of nitrogens with two attached hydrogens (primary N) is 1. The van der Waals surface area contributed by atoms with Crippen molar-refractivity contribution in [2.75, 3.05) is 26.7 Å². The van der Waals surface area contributed by atoms with Crippen molar-refractivity contribution < 1.29 is 4.74 Å². The van der Waals surface area contributed by atoms with Crippen molar-refractivity contribution in [2.24, 2.45) is 11.7 Å². The average molecular weight is 234 g/mol. The Morgan fingerprint density at radius 3 is 3.00 bits per heavy atom. The Morgan fingerprint density at radius 2 is 2.24 bits per heavy atom. The van der Waals surface area contributed by atoms with Gasteiger partial charge in [0.15, 0.2) is 0 Å². The van der Waals surface area contributed by atoms with Crippen LogP contribution in [0.4, 0.5) is 0 Å². The third-order valence-electron chi connectivity index (χ3n) is 3.52. The molecule has 1 aliphatic heterocycles. The summed E-state index contributed by atoms with van der Waals surface area (Å²) in [6.07, 6.45) is 2.54. The second-order valence-electron chi connectivity index (χ2n) is 4.79. The molecular weight excluding hydrogens is 212 g/mol. The maximum Gasteiger partial charge on any atom is 0.123 e. The number of piperidine rings is 1. The van der Waals surface area contributed by atoms with Crippen LogP contribution in [0, 0.1) is 5.92 Å². The van der Waals surface area contributed by atoms with E-state index in [1.807, 2.05) is 12.1 Å². The lowest BCUT2D eigenvalue weighted by Gasteiger charge is -2.32. The van der Waals surface area contributed by atoms with E-state index < -0.39 is 0 Å². The quantitative estimate of drug-likeness (QED) is 0.864. The summed E-state index contributed by atoms with van der Waals surface area (Å²) < 4.78 is 5.39. The first kappa shape index (κ1) is 12.4. The van der Waals surface area contributed by atoms with Crippen molar-refractivity contribution in [3.63, 3.8) is 0 Å². The fourth-order valence-electron chi connectivity index (χ4n) is 2.56. The van der Waals surface area contributed by atoms with Crippen LogP contribution in [-0.4, -0.2) is 31.6 Å². The summed E-state index contributed by atoms with van der Waals surface area (Å²) in [5.41, 5.74) is 7.03. The van der Waals surface area contributed by atoms with E-state index in [-0.39, 0.29) is 0 Å². The molecule has 0 saturated carbocycles. The molecule has 1 fully saturated rings. The lowest BCUT2D eigenvalue weighted by atomic mass is 9.98. The summed E-state index contributed by atoms with van der Waals surface area (Å²) >= 11 is 0. The summed E-state index contributed by atoms with van der Waals surface area (Å²) in [5, 5.41) is 0. The molecule has 17 heavy (non-hydrogen) atoms. The number of para-hydroxylation sites is 1. The van der Waals surface area contributed by atoms with E-state index in [2.05, 4.69) is 17.0 Å². The van der Waals surface area contributed by atoms with Crippen molar-refractivity contribution in [3.8, 4) is 5.75 Å². The van der Waals surface area contributed by atoms with Gasteiger partial charge < -0.3 is 10.5 Å². The first-order valence-electron chi connectivity index (χ1n) is 6.37. The van der Waals surface area contributed by atoms with E-state index in [1.165, 1.54) is 24.9 Å². The van der Waals surface area contributed by atoms with Crippen LogP contribution in [0.5, 0.6) is 5.75 Å². The Balaban J connectivity index is 2.00. The first-order chi connectivity index (χ1) is 8.33. The van der Waals surface area contributed by atoms with Gasteiger partial charge in [-0.25, -0.2) is 0 Å². The Hall–Kier alpha value is -1.06. The summed E-state index contributed by atoms with van der Waals surface area (Å²) in [4.78, 5) is 2.48. The number of nitrogens with zero attached hydrogens (tertiary/aromatic N) is 1. The second-order valence-corrected chi connectivity index (χ2v) is 4.79. The second kappa shape index (κ2) is 6.03. The molecule has 1 aromatic rings. The number of hydrogen-bond donors (Lipinski definition) is 1. The highest BCUT2D eigenvalue weighted by atomic mass is 16.5. The predicted molar refractivity (Wildman–Crippen MR) is 70.0 cm³/mol. The van der Waals surface area contributed by atoms with Crippen molar-refractivity contribution in [1.82, 2.24) is 4.90 Å². The third-order valence-corrected chi connectivity index (χ3v) is 3.52. The molecule has 0 aromatic heterocycles. The van der Waals surface area contributed by atoms with Crippen LogP contribution < -0.4 is 10.5 Å². The van der Waals surface area contributed by atoms with Gasteiger partial charge in [-0.15, -0.1) is 0 Å². The van der Waals surface area contributed by atoms with Gasteiger partial charge in [0.05, 0.1) is 7.11 Å². The fraction of sp³-hybridized carbons (Fsp3) is 0.571. The highest BCUT2D eigenvalue weighted by Gasteiger charge is 2.19. The van der Waals surface area contributed by atoms with Crippen molar-refractivity contribution >= 4 is 0 Å². The van der Waals surface area contributed by atoms with Gasteiger partial charge in [0, 0.05) is 18.7 Å². The van der Waals surface area contributed by atoms with E-state index in [4.69, 9.17) is 10.5 Å². The number of methoxy groups -OCH3 is 1. The van der Waals surface area contributed by atoms with E-state index in [1.54, 1.807) is 7.11 Å². The zero-order valence-electron chi connectivity index (χ0n) is 10.6. The highest BCUT2D eigenvalue weighted by molar-refractivity contribution is 5.33. The Kier molecular flexibility index (Phi) is 4.40. The van der Waals surface area contributed by atoms with Gasteiger partial charge in [0.2, 0.25) is 0 Å². The smallest absolute Gasteiger partial charge is 0.123 e. The topological polar surface area (TPSA) is 38.5 Å². The predicted octanol–water partition coefficient (Wildman–Crippen LogP) is 1.87. The van der Waals surface area contributed by atoms with Crippen LogP contribution in [0.15, 0.2) is 24.3 Å². The lowest BCUT2D eigenvalue weighted by molar-refractivity contribution is 0.169. The normalized spacial score (nSPS) is 21.4. The first-order valence-corrected chi connectivity index (χ1v) is 6.37. The molecule has 1 aromatic carbocycles. The molecule has 0 aliphatic carbocycles. The maximum atomic E-state index is 5.76. The van der Waals surface area contributed by atoms with Crippen LogP contribution in [0.1, 0.15) is 18.4 Å². The van der Waals surface area contributed by atoms with E-state index in [0.717, 1.165) is 25.4 Å². The molecule has 1 atom stereocenters. The molecule has 0 spiro atoms. The minimum atomic E-state index is 0.665. The van der Waals surface area contributed by atoms with Crippen LogP contribution in [-0.2, 0) is 6.54 Å². The van der Waals surface area contributed by atoms with E-state index in [0.29, 0.717) is 5.92 Å². The summed E-state index contributed by atoms with van der Waals surface area (Å²) in [6.45, 7) is 4.08. The molecule has 0 radical (unpaired) electrons. The fourth-order valence-corrected chi connectivity index (χ4v) is 2.56. The molecule has 94 valence electrons. The largest absolute Gasteiger partial charge is 0.496 e. The zero-order chi connectivity index (χ0) is 12.1. The monoisotopic (exact) mass is 234 g/mol. The van der Waals surface area contributed by atoms with Crippen molar-refractivity contribution in [2.45, 2.75) is 19.4 Å². The molecule has 1 unspecified atom stereocenters. The van der Waals surface area contributed by atoms with Crippen molar-refractivity contribution in [3.05, 3.63) is 29.8 Å². The minimum absolute atomic E-state index is 0.665. The molecule has 1 aliphatic rings. The average Bonchev–Trinajstić information content (AvgIpc) is 2.39. The number of ether oxygens (including phenoxy) is 1. The minimum Gasteiger partial charge on any atom is -0.496 e. The molecule has 0 amide bonds. The zero-order valence-corrected chi connectivity index (χ0v) is 10.6. The number of benzene rings is 1. The summed E-state index contributed by atoms with van der Waals surface area (Å²) in [7, 11) is 1.73. The Morgan fingerprint density at radius 1 is 1.41 bits per heavy atom. The van der Waals surface area contributed by atoms with Crippen LogP contribution in [0.2, 0.25) is 0 Å². The Bertz CT molecular complexity index is 354. The van der Waals surface area contributed by atoms with Gasteiger partial charge in [0.1, 0.15) is 5.75 Å². The summed E-state index contributed by atoms with van der Waals surface area (Å²) in [5.74, 6) is 1.65. The van der Waals surface area contributed by atoms with E-state index in [9.17, 15) is 0 Å². The standard InChI is InChI=1S/C14H22N2O/c1-17-14-7-3-2-6-13(14)11-16-8-4-5-12(9-15)10-16/h2-3,6-7,12H,4-5,8-11,15H2,1H3. The number of rotatable bonds is 4. The van der Waals surface area contributed by atoms with Gasteiger partial charge in [-0.2, -0.15) is 0 Å². The third kappa shape index (κ3) is 3.20. The maximum absolute atomic E-state index is 5.76. The number of hydrogen-bond acceptors (Lipinski definition) is 3. The van der Waals surface area contributed by atoms with Crippen LogP contribution in [0.25, 0.3) is 0 Å². The van der Waals surface area contributed by atoms with Crippen molar-refractivity contribution in [1.29, 1.82) is 0 Å². The Labute approximate surface area is 104 Å². The molecule has 2 rings (SSSR count). The SMILES string of the molecule is COc1ccccc1CN1CCCC(CN)C1. The summed E-state index contributed by atoms with van der Waals surface area (Å²) in [6, 6.07) is 8.26. The van der Waals surface area contributed by atoms with Gasteiger partial charge >= 0.3 is 0 Å². The van der Waals surface area contributed by atoms with Gasteiger partial charge in [-0.3, -0.25) is 4.90 Å². The van der Waals surface area contributed by atoms with Gasteiger partial charge in [-0.1, -0.05) is 18.2 Å². The molecule has 2 N–H and O–H groups in total. The van der Waals surface area contributed by atoms with Crippen LogP contribution >= 0.6 is 0 Å². The van der Waals surface area contributed by atoms with E-state index >= 15 is 0 Å². The molecule has 1 saturated heterocycles. The lowest BCUT2D eigenvalue weighted by Crippen LogP contribution is -2.37. The molecule has 3 heteroatoms. The molecular formula is C14H22N2O.